The van der Waals surface area contributed by atoms with Crippen LogP contribution < -0.4 is 10.2 Å². The fraction of sp³-hybridized carbons (Fsp3) is 0.294. The van der Waals surface area contributed by atoms with Crippen molar-refractivity contribution in [3.63, 3.8) is 0 Å². The standard InChI is InChI=1S/C17H19N3O2/c1-19(12-17(22)20-10-9-18-16(21)11-20)15-8-4-6-13-5-2-3-7-14(13)15/h2-8H,9-12H2,1H3,(H,18,21). The highest BCUT2D eigenvalue weighted by molar-refractivity contribution is 5.96. The Balaban J connectivity index is 1.77. The highest BCUT2D eigenvalue weighted by atomic mass is 16.2. The summed E-state index contributed by atoms with van der Waals surface area (Å²) >= 11 is 0. The number of fused-ring (bicyclic) bond motifs is 1. The second-order valence-corrected chi connectivity index (χ2v) is 5.52. The minimum absolute atomic E-state index is 0.0229. The van der Waals surface area contributed by atoms with Gasteiger partial charge in [-0.15, -0.1) is 0 Å². The van der Waals surface area contributed by atoms with Gasteiger partial charge in [-0.05, 0) is 11.5 Å². The van der Waals surface area contributed by atoms with Gasteiger partial charge in [0.25, 0.3) is 0 Å². The van der Waals surface area contributed by atoms with Crippen LogP contribution in [0, 0.1) is 0 Å². The molecule has 5 nitrogen and oxygen atoms in total. The predicted octanol–water partition coefficient (Wildman–Crippen LogP) is 1.23. The van der Waals surface area contributed by atoms with Crippen LogP contribution >= 0.6 is 0 Å². The summed E-state index contributed by atoms with van der Waals surface area (Å²) in [7, 11) is 1.91. The highest BCUT2D eigenvalue weighted by Gasteiger charge is 2.22. The Labute approximate surface area is 129 Å². The van der Waals surface area contributed by atoms with E-state index in [0.717, 1.165) is 16.5 Å². The van der Waals surface area contributed by atoms with Gasteiger partial charge in [-0.25, -0.2) is 0 Å². The summed E-state index contributed by atoms with van der Waals surface area (Å²) in [5, 5.41) is 5.00. The molecular weight excluding hydrogens is 278 g/mol. The smallest absolute Gasteiger partial charge is 0.242 e. The first-order chi connectivity index (χ1) is 10.6. The molecule has 114 valence electrons. The van der Waals surface area contributed by atoms with Crippen molar-refractivity contribution in [1.29, 1.82) is 0 Å². The number of hydrogen-bond acceptors (Lipinski definition) is 3. The van der Waals surface area contributed by atoms with Crippen molar-refractivity contribution in [2.75, 3.05) is 38.1 Å². The molecule has 2 aromatic rings. The molecule has 0 spiro atoms. The van der Waals surface area contributed by atoms with Gasteiger partial charge in [-0.2, -0.15) is 0 Å². The van der Waals surface area contributed by atoms with Crippen molar-refractivity contribution in [3.8, 4) is 0 Å². The normalized spacial score (nSPS) is 14.8. The van der Waals surface area contributed by atoms with E-state index in [1.807, 2.05) is 36.2 Å². The van der Waals surface area contributed by atoms with E-state index in [-0.39, 0.29) is 24.9 Å². The molecule has 1 heterocycles. The zero-order chi connectivity index (χ0) is 15.5. The van der Waals surface area contributed by atoms with Crippen LogP contribution in [0.2, 0.25) is 0 Å². The molecule has 1 saturated heterocycles. The van der Waals surface area contributed by atoms with Crippen molar-refractivity contribution in [2.24, 2.45) is 0 Å². The molecule has 0 aliphatic carbocycles. The topological polar surface area (TPSA) is 52.7 Å². The maximum atomic E-state index is 12.4. The average molecular weight is 297 g/mol. The van der Waals surface area contributed by atoms with Crippen molar-refractivity contribution in [2.45, 2.75) is 0 Å². The molecule has 0 saturated carbocycles. The van der Waals surface area contributed by atoms with Crippen LogP contribution in [0.3, 0.4) is 0 Å². The number of amides is 2. The van der Waals surface area contributed by atoms with E-state index in [2.05, 4.69) is 23.5 Å². The molecule has 1 aliphatic rings. The Kier molecular flexibility index (Phi) is 3.96. The Morgan fingerprint density at radius 2 is 2.00 bits per heavy atom. The summed E-state index contributed by atoms with van der Waals surface area (Å²) in [6, 6.07) is 14.2. The quantitative estimate of drug-likeness (QED) is 0.927. The van der Waals surface area contributed by atoms with Gasteiger partial charge < -0.3 is 15.1 Å². The zero-order valence-corrected chi connectivity index (χ0v) is 12.6. The number of piperazine rings is 1. The van der Waals surface area contributed by atoms with Crippen molar-refractivity contribution in [3.05, 3.63) is 42.5 Å². The van der Waals surface area contributed by atoms with E-state index in [4.69, 9.17) is 0 Å². The molecule has 5 heteroatoms. The maximum absolute atomic E-state index is 12.4. The number of benzene rings is 2. The van der Waals surface area contributed by atoms with Crippen LogP contribution in [0.15, 0.2) is 42.5 Å². The number of nitrogens with one attached hydrogen (secondary N) is 1. The second kappa shape index (κ2) is 6.05. The fourth-order valence-electron chi connectivity index (χ4n) is 2.78. The third kappa shape index (κ3) is 2.88. The maximum Gasteiger partial charge on any atom is 0.242 e. The molecule has 3 rings (SSSR count). The number of likely N-dealkylation sites (N-methyl/N-ethyl adjacent to an activating group) is 1. The van der Waals surface area contributed by atoms with E-state index >= 15 is 0 Å². The molecule has 1 fully saturated rings. The lowest BCUT2D eigenvalue weighted by atomic mass is 10.1. The van der Waals surface area contributed by atoms with Crippen molar-refractivity contribution >= 4 is 28.3 Å². The molecule has 2 aromatic carbocycles. The van der Waals surface area contributed by atoms with E-state index in [0.29, 0.717) is 13.1 Å². The van der Waals surface area contributed by atoms with Crippen LogP contribution in [0.1, 0.15) is 0 Å². The number of rotatable bonds is 3. The lowest BCUT2D eigenvalue weighted by Gasteiger charge is -2.29. The molecule has 1 N–H and O–H groups in total. The van der Waals surface area contributed by atoms with Crippen molar-refractivity contribution in [1.82, 2.24) is 10.2 Å². The van der Waals surface area contributed by atoms with E-state index in [9.17, 15) is 9.59 Å². The molecule has 0 atom stereocenters. The van der Waals surface area contributed by atoms with Gasteiger partial charge in [0, 0.05) is 31.2 Å². The average Bonchev–Trinajstić information content (AvgIpc) is 2.54. The summed E-state index contributed by atoms with van der Waals surface area (Å²) in [5.74, 6) is -0.113. The Bertz CT molecular complexity index is 709. The van der Waals surface area contributed by atoms with Gasteiger partial charge in [0.2, 0.25) is 11.8 Å². The van der Waals surface area contributed by atoms with Gasteiger partial charge in [0.15, 0.2) is 0 Å². The molecule has 0 aromatic heterocycles. The van der Waals surface area contributed by atoms with Crippen molar-refractivity contribution < 1.29 is 9.59 Å². The number of carbonyl (C=O) groups is 2. The third-order valence-electron chi connectivity index (χ3n) is 3.94. The third-order valence-corrected chi connectivity index (χ3v) is 3.94. The first-order valence-corrected chi connectivity index (χ1v) is 7.38. The molecule has 2 amide bonds. The molecule has 0 radical (unpaired) electrons. The Morgan fingerprint density at radius 3 is 2.82 bits per heavy atom. The molecular formula is C17H19N3O2. The minimum Gasteiger partial charge on any atom is -0.365 e. The SMILES string of the molecule is CN(CC(=O)N1CCNC(=O)C1)c1cccc2ccccc12. The fourth-order valence-corrected chi connectivity index (χ4v) is 2.78. The zero-order valence-electron chi connectivity index (χ0n) is 12.6. The van der Waals surface area contributed by atoms with Gasteiger partial charge in [-0.1, -0.05) is 36.4 Å². The Hall–Kier alpha value is -2.56. The number of carbonyl (C=O) groups excluding carboxylic acids is 2. The van der Waals surface area contributed by atoms with E-state index in [1.165, 1.54) is 0 Å². The molecule has 1 aliphatic heterocycles. The monoisotopic (exact) mass is 297 g/mol. The number of hydrogen-bond donors (Lipinski definition) is 1. The Morgan fingerprint density at radius 1 is 1.23 bits per heavy atom. The second-order valence-electron chi connectivity index (χ2n) is 5.52. The summed E-state index contributed by atoms with van der Waals surface area (Å²) in [6.45, 7) is 1.53. The molecule has 0 bridgehead atoms. The van der Waals surface area contributed by atoms with Gasteiger partial charge in [-0.3, -0.25) is 9.59 Å². The van der Waals surface area contributed by atoms with E-state index < -0.39 is 0 Å². The van der Waals surface area contributed by atoms with E-state index in [1.54, 1.807) is 4.90 Å². The number of anilines is 1. The predicted molar refractivity (Wildman–Crippen MR) is 86.8 cm³/mol. The van der Waals surface area contributed by atoms with Gasteiger partial charge >= 0.3 is 0 Å². The summed E-state index contributed by atoms with van der Waals surface area (Å²) in [6.07, 6.45) is 0. The van der Waals surface area contributed by atoms with Crippen LogP contribution in [0.25, 0.3) is 10.8 Å². The minimum atomic E-state index is -0.0904. The molecule has 0 unspecified atom stereocenters. The lowest BCUT2D eigenvalue weighted by molar-refractivity contribution is -0.137. The van der Waals surface area contributed by atoms with Crippen LogP contribution in [-0.4, -0.2) is 49.9 Å². The summed E-state index contributed by atoms with van der Waals surface area (Å²) in [5.41, 5.74) is 1.02. The first-order valence-electron chi connectivity index (χ1n) is 7.38. The van der Waals surface area contributed by atoms with Gasteiger partial charge in [0.1, 0.15) is 0 Å². The number of nitrogens with zero attached hydrogens (tertiary/aromatic N) is 2. The lowest BCUT2D eigenvalue weighted by Crippen LogP contribution is -2.52. The van der Waals surface area contributed by atoms with Crippen LogP contribution in [-0.2, 0) is 9.59 Å². The highest BCUT2D eigenvalue weighted by Crippen LogP contribution is 2.25. The summed E-state index contributed by atoms with van der Waals surface area (Å²) in [4.78, 5) is 27.3. The largest absolute Gasteiger partial charge is 0.365 e. The summed E-state index contributed by atoms with van der Waals surface area (Å²) < 4.78 is 0. The van der Waals surface area contributed by atoms with Crippen LogP contribution in [0.5, 0.6) is 0 Å². The van der Waals surface area contributed by atoms with Gasteiger partial charge in [0.05, 0.1) is 13.1 Å². The molecule has 22 heavy (non-hydrogen) atoms. The first kappa shape index (κ1) is 14.4. The van der Waals surface area contributed by atoms with Crippen LogP contribution in [0.4, 0.5) is 5.69 Å².